The summed E-state index contributed by atoms with van der Waals surface area (Å²) in [5, 5.41) is 0. The lowest BCUT2D eigenvalue weighted by molar-refractivity contribution is -0.152. The number of carbonyl (C=O) groups is 1. The van der Waals surface area contributed by atoms with Crippen molar-refractivity contribution in [1.82, 2.24) is 9.80 Å². The van der Waals surface area contributed by atoms with E-state index in [1.165, 1.54) is 25.7 Å². The molecule has 0 radical (unpaired) electrons. The molecule has 0 aromatic rings. The van der Waals surface area contributed by atoms with Crippen LogP contribution in [0.2, 0.25) is 0 Å². The van der Waals surface area contributed by atoms with Gasteiger partial charge in [-0.25, -0.2) is 0 Å². The zero-order valence-corrected chi connectivity index (χ0v) is 13.6. The first kappa shape index (κ1) is 15.8. The molecule has 1 aliphatic heterocycles. The van der Waals surface area contributed by atoms with Crippen LogP contribution in [0.25, 0.3) is 0 Å². The summed E-state index contributed by atoms with van der Waals surface area (Å²) in [6.07, 6.45) is 4.97. The van der Waals surface area contributed by atoms with E-state index in [2.05, 4.69) is 25.7 Å². The average Bonchev–Trinajstić information content (AvgIpc) is 2.44. The lowest BCUT2D eigenvalue weighted by atomic mass is 9.75. The van der Waals surface area contributed by atoms with Crippen LogP contribution in [0.1, 0.15) is 46.5 Å². The van der Waals surface area contributed by atoms with E-state index in [1.54, 1.807) is 0 Å². The van der Waals surface area contributed by atoms with Gasteiger partial charge >= 0.3 is 0 Å². The average molecular weight is 281 g/mol. The molecule has 2 fully saturated rings. The third-order valence-corrected chi connectivity index (χ3v) is 5.61. The van der Waals surface area contributed by atoms with Crippen LogP contribution in [0.4, 0.5) is 0 Å². The number of hydrogen-bond acceptors (Lipinski definition) is 3. The predicted molar refractivity (Wildman–Crippen MR) is 82.4 cm³/mol. The highest BCUT2D eigenvalue weighted by molar-refractivity contribution is 5.86. The largest absolute Gasteiger partial charge is 0.343 e. The zero-order chi connectivity index (χ0) is 14.9. The summed E-state index contributed by atoms with van der Waals surface area (Å²) in [5.41, 5.74) is 5.63. The van der Waals surface area contributed by atoms with Gasteiger partial charge in [0.05, 0.1) is 5.54 Å². The summed E-state index contributed by atoms with van der Waals surface area (Å²) in [4.78, 5) is 16.8. The van der Waals surface area contributed by atoms with Crippen molar-refractivity contribution in [3.8, 4) is 0 Å². The summed E-state index contributed by atoms with van der Waals surface area (Å²) >= 11 is 0. The number of carbonyl (C=O) groups excluding carboxylic acids is 1. The van der Waals surface area contributed by atoms with E-state index >= 15 is 0 Å². The van der Waals surface area contributed by atoms with E-state index in [0.717, 1.165) is 25.6 Å². The van der Waals surface area contributed by atoms with Crippen LogP contribution in [0.3, 0.4) is 0 Å². The van der Waals surface area contributed by atoms with E-state index in [1.807, 2.05) is 11.9 Å². The fraction of sp³-hybridized carbons (Fsp3) is 0.938. The molecule has 0 aromatic heterocycles. The predicted octanol–water partition coefficient (Wildman–Crippen LogP) is 1.69. The van der Waals surface area contributed by atoms with Crippen molar-refractivity contribution in [3.05, 3.63) is 0 Å². The van der Waals surface area contributed by atoms with Gasteiger partial charge in [-0.1, -0.05) is 19.8 Å². The Balaban J connectivity index is 2.20. The highest BCUT2D eigenvalue weighted by Gasteiger charge is 2.46. The molecule has 0 spiro atoms. The third kappa shape index (κ3) is 2.73. The number of nitrogens with zero attached hydrogens (tertiary/aromatic N) is 2. The van der Waals surface area contributed by atoms with Gasteiger partial charge in [-0.2, -0.15) is 0 Å². The Morgan fingerprint density at radius 2 is 2.00 bits per heavy atom. The molecule has 20 heavy (non-hydrogen) atoms. The maximum absolute atomic E-state index is 12.5. The van der Waals surface area contributed by atoms with Gasteiger partial charge in [0.25, 0.3) is 0 Å². The fourth-order valence-electron chi connectivity index (χ4n) is 4.13. The number of likely N-dealkylation sites (N-methyl/N-ethyl adjacent to an activating group) is 1. The molecule has 4 heteroatoms. The second-order valence-electron chi connectivity index (χ2n) is 7.13. The number of hydrogen-bond donors (Lipinski definition) is 1. The molecular weight excluding hydrogens is 250 g/mol. The Bertz CT molecular complexity index is 356. The van der Waals surface area contributed by atoms with Crippen LogP contribution < -0.4 is 5.73 Å². The van der Waals surface area contributed by atoms with Crippen LogP contribution in [0.15, 0.2) is 0 Å². The van der Waals surface area contributed by atoms with Gasteiger partial charge in [0.15, 0.2) is 0 Å². The molecule has 2 aliphatic rings. The molecule has 0 aromatic carbocycles. The summed E-state index contributed by atoms with van der Waals surface area (Å²) in [6, 6.07) is 0.478. The van der Waals surface area contributed by atoms with E-state index in [9.17, 15) is 4.79 Å². The highest BCUT2D eigenvalue weighted by Crippen LogP contribution is 2.37. The second kappa shape index (κ2) is 6.02. The van der Waals surface area contributed by atoms with E-state index in [0.29, 0.717) is 12.0 Å². The van der Waals surface area contributed by atoms with Crippen molar-refractivity contribution < 1.29 is 4.79 Å². The fourth-order valence-corrected chi connectivity index (χ4v) is 4.13. The van der Waals surface area contributed by atoms with Gasteiger partial charge in [0.2, 0.25) is 5.91 Å². The van der Waals surface area contributed by atoms with Crippen molar-refractivity contribution in [2.45, 2.75) is 58.0 Å². The van der Waals surface area contributed by atoms with Gasteiger partial charge in [-0.05, 0) is 45.1 Å². The molecule has 116 valence electrons. The van der Waals surface area contributed by atoms with Crippen LogP contribution in [-0.2, 0) is 4.79 Å². The van der Waals surface area contributed by atoms with Gasteiger partial charge in [0.1, 0.15) is 0 Å². The van der Waals surface area contributed by atoms with Crippen molar-refractivity contribution in [3.63, 3.8) is 0 Å². The van der Waals surface area contributed by atoms with Gasteiger partial charge in [-0.3, -0.25) is 9.69 Å². The molecule has 1 saturated carbocycles. The summed E-state index contributed by atoms with van der Waals surface area (Å²) < 4.78 is 0. The first-order valence-electron chi connectivity index (χ1n) is 8.14. The minimum atomic E-state index is -0.388. The summed E-state index contributed by atoms with van der Waals surface area (Å²) in [7, 11) is 1.91. The molecule has 2 rings (SSSR count). The monoisotopic (exact) mass is 281 g/mol. The zero-order valence-electron chi connectivity index (χ0n) is 13.6. The second-order valence-corrected chi connectivity index (χ2v) is 7.13. The molecule has 1 amide bonds. The number of amides is 1. The Morgan fingerprint density at radius 3 is 2.60 bits per heavy atom. The maximum atomic E-state index is 12.5. The quantitative estimate of drug-likeness (QED) is 0.856. The lowest BCUT2D eigenvalue weighted by Gasteiger charge is -2.52. The van der Waals surface area contributed by atoms with E-state index in [-0.39, 0.29) is 11.4 Å². The highest BCUT2D eigenvalue weighted by atomic mass is 16.2. The maximum Gasteiger partial charge on any atom is 0.242 e. The molecule has 1 heterocycles. The molecular formula is C16H31N3O. The van der Waals surface area contributed by atoms with E-state index < -0.39 is 0 Å². The molecule has 4 nitrogen and oxygen atoms in total. The van der Waals surface area contributed by atoms with Crippen molar-refractivity contribution >= 4 is 5.91 Å². The van der Waals surface area contributed by atoms with Crippen molar-refractivity contribution in [2.24, 2.45) is 17.6 Å². The number of nitrogens with two attached hydrogens (primary N) is 1. The smallest absolute Gasteiger partial charge is 0.242 e. The number of rotatable bonds is 3. The van der Waals surface area contributed by atoms with Gasteiger partial charge in [-0.15, -0.1) is 0 Å². The van der Waals surface area contributed by atoms with Crippen LogP contribution in [0.5, 0.6) is 0 Å². The van der Waals surface area contributed by atoms with Gasteiger partial charge in [0, 0.05) is 26.2 Å². The Hall–Kier alpha value is -0.610. The third-order valence-electron chi connectivity index (χ3n) is 5.61. The minimum absolute atomic E-state index is 0.248. The molecule has 1 saturated heterocycles. The molecule has 1 aliphatic carbocycles. The normalized spacial score (nSPS) is 35.4. The van der Waals surface area contributed by atoms with Crippen molar-refractivity contribution in [2.75, 3.05) is 26.7 Å². The van der Waals surface area contributed by atoms with Crippen LogP contribution >= 0.6 is 0 Å². The summed E-state index contributed by atoms with van der Waals surface area (Å²) in [6.45, 7) is 9.00. The van der Waals surface area contributed by atoms with Gasteiger partial charge < -0.3 is 10.6 Å². The Kier molecular flexibility index (Phi) is 4.75. The SMILES string of the molecule is CCC1CCC(CN)C(N2CCN(C)C(=O)C2(C)C)C1. The Labute approximate surface area is 123 Å². The van der Waals surface area contributed by atoms with Crippen molar-refractivity contribution in [1.29, 1.82) is 0 Å². The first-order valence-corrected chi connectivity index (χ1v) is 8.14. The first-order chi connectivity index (χ1) is 9.41. The standard InChI is InChI=1S/C16H31N3O/c1-5-12-6-7-13(11-17)14(10-12)19-9-8-18(4)15(20)16(19,2)3/h12-14H,5-11,17H2,1-4H3. The Morgan fingerprint density at radius 1 is 1.30 bits per heavy atom. The minimum Gasteiger partial charge on any atom is -0.343 e. The number of piperazine rings is 1. The van der Waals surface area contributed by atoms with Crippen LogP contribution in [-0.4, -0.2) is 54.0 Å². The lowest BCUT2D eigenvalue weighted by Crippen LogP contribution is -2.66. The molecule has 0 bridgehead atoms. The molecule has 2 N–H and O–H groups in total. The molecule has 3 unspecified atom stereocenters. The van der Waals surface area contributed by atoms with E-state index in [4.69, 9.17) is 5.73 Å². The topological polar surface area (TPSA) is 49.6 Å². The van der Waals surface area contributed by atoms with Crippen LogP contribution in [0, 0.1) is 11.8 Å². The molecule has 3 atom stereocenters. The summed E-state index contributed by atoms with van der Waals surface area (Å²) in [5.74, 6) is 1.60.